The van der Waals surface area contributed by atoms with Crippen molar-refractivity contribution in [1.29, 1.82) is 0 Å². The molecule has 8 nitrogen and oxygen atoms in total. The molecule has 1 aromatic heterocycles. The third-order valence-corrected chi connectivity index (χ3v) is 9.11. The average molecular weight is 610 g/mol. The number of likely N-dealkylation sites (tertiary alicyclic amines) is 1. The molecule has 10 heteroatoms. The molecule has 2 aromatic carbocycles. The molecule has 1 amide bonds. The second kappa shape index (κ2) is 12.1. The van der Waals surface area contributed by atoms with Crippen LogP contribution in [0.2, 0.25) is 5.02 Å². The first-order valence-electron chi connectivity index (χ1n) is 15.5. The number of amides is 1. The predicted molar refractivity (Wildman–Crippen MR) is 168 cm³/mol. The number of ether oxygens (including phenoxy) is 2. The molecule has 43 heavy (non-hydrogen) atoms. The fraction of sp³-hybridized carbons (Fsp3) is 0.545. The lowest BCUT2D eigenvalue weighted by Crippen LogP contribution is -2.50. The van der Waals surface area contributed by atoms with E-state index in [1.54, 1.807) is 11.0 Å². The van der Waals surface area contributed by atoms with Crippen molar-refractivity contribution in [3.8, 4) is 17.1 Å². The molecular formula is C33H41ClFN5O3. The minimum Gasteiger partial charge on any atom is -0.462 e. The van der Waals surface area contributed by atoms with Crippen LogP contribution in [-0.2, 0) is 17.6 Å². The number of fused-ring (bicyclic) bond motifs is 2. The Bertz CT molecular complexity index is 1520. The number of hydrogen-bond acceptors (Lipinski definition) is 7. The van der Waals surface area contributed by atoms with Gasteiger partial charge in [0.25, 0.3) is 0 Å². The molecule has 0 bridgehead atoms. The van der Waals surface area contributed by atoms with Gasteiger partial charge in [0, 0.05) is 43.2 Å². The van der Waals surface area contributed by atoms with E-state index >= 15 is 4.39 Å². The normalized spacial score (nSPS) is 19.5. The van der Waals surface area contributed by atoms with Crippen LogP contribution in [0.5, 0.6) is 6.01 Å². The molecule has 0 N–H and O–H groups in total. The summed E-state index contributed by atoms with van der Waals surface area (Å²) in [7, 11) is 2.09. The lowest BCUT2D eigenvalue weighted by atomic mass is 9.85. The van der Waals surface area contributed by atoms with Crippen LogP contribution in [-0.4, -0.2) is 83.9 Å². The van der Waals surface area contributed by atoms with E-state index in [9.17, 15) is 4.79 Å². The molecule has 230 valence electrons. The van der Waals surface area contributed by atoms with Crippen molar-refractivity contribution in [3.63, 3.8) is 0 Å². The summed E-state index contributed by atoms with van der Waals surface area (Å²) in [6.07, 6.45) is 5.93. The number of piperazine rings is 1. The maximum atomic E-state index is 16.7. The van der Waals surface area contributed by atoms with Crippen molar-refractivity contribution in [2.24, 2.45) is 0 Å². The molecule has 2 aliphatic heterocycles. The van der Waals surface area contributed by atoms with E-state index in [2.05, 4.69) is 27.9 Å². The smallest absolute Gasteiger partial charge is 0.410 e. The number of aromatic nitrogens is 2. The van der Waals surface area contributed by atoms with E-state index in [0.29, 0.717) is 54.6 Å². The summed E-state index contributed by atoms with van der Waals surface area (Å²) in [6, 6.07) is 8.30. The van der Waals surface area contributed by atoms with Crippen LogP contribution in [0.4, 0.5) is 15.0 Å². The van der Waals surface area contributed by atoms with Gasteiger partial charge in [0.2, 0.25) is 0 Å². The number of likely N-dealkylation sites (N-methyl/N-ethyl adjacent to an activating group) is 1. The van der Waals surface area contributed by atoms with E-state index in [1.165, 1.54) is 11.1 Å². The molecule has 0 spiro atoms. The third-order valence-electron chi connectivity index (χ3n) is 8.81. The third kappa shape index (κ3) is 6.25. The summed E-state index contributed by atoms with van der Waals surface area (Å²) >= 11 is 6.91. The van der Waals surface area contributed by atoms with Gasteiger partial charge in [-0.3, -0.25) is 0 Å². The molecule has 3 aliphatic rings. The van der Waals surface area contributed by atoms with Crippen LogP contribution in [0, 0.1) is 5.82 Å². The Kier molecular flexibility index (Phi) is 8.39. The number of benzene rings is 2. The van der Waals surface area contributed by atoms with E-state index in [0.717, 1.165) is 50.6 Å². The van der Waals surface area contributed by atoms with Crippen LogP contribution in [0.15, 0.2) is 24.3 Å². The van der Waals surface area contributed by atoms with E-state index in [1.807, 2.05) is 32.9 Å². The maximum Gasteiger partial charge on any atom is 0.410 e. The summed E-state index contributed by atoms with van der Waals surface area (Å²) in [5, 5.41) is 0.870. The molecule has 1 aliphatic carbocycles. The van der Waals surface area contributed by atoms with Crippen LogP contribution in [0.1, 0.15) is 57.6 Å². The molecule has 3 aromatic rings. The molecule has 3 heterocycles. The molecule has 0 radical (unpaired) electrons. The molecular weight excluding hydrogens is 569 g/mol. The zero-order valence-corrected chi connectivity index (χ0v) is 26.3. The Morgan fingerprint density at radius 2 is 1.84 bits per heavy atom. The number of carbonyl (C=O) groups is 1. The van der Waals surface area contributed by atoms with Gasteiger partial charge in [-0.25, -0.2) is 9.18 Å². The summed E-state index contributed by atoms with van der Waals surface area (Å²) in [5.41, 5.74) is 3.27. The van der Waals surface area contributed by atoms with Crippen LogP contribution in [0.3, 0.4) is 0 Å². The first-order valence-corrected chi connectivity index (χ1v) is 15.8. The summed E-state index contributed by atoms with van der Waals surface area (Å²) in [6.45, 7) is 8.94. The Labute approximate surface area is 258 Å². The number of carbonyl (C=O) groups excluding carboxylic acids is 1. The zero-order valence-electron chi connectivity index (χ0n) is 25.6. The highest BCUT2D eigenvalue weighted by Crippen LogP contribution is 2.42. The van der Waals surface area contributed by atoms with Gasteiger partial charge in [-0.1, -0.05) is 29.8 Å². The van der Waals surface area contributed by atoms with Gasteiger partial charge < -0.3 is 24.2 Å². The van der Waals surface area contributed by atoms with Crippen LogP contribution >= 0.6 is 11.6 Å². The monoisotopic (exact) mass is 609 g/mol. The van der Waals surface area contributed by atoms with Gasteiger partial charge in [-0.05, 0) is 95.6 Å². The topological polar surface area (TPSA) is 71.0 Å². The van der Waals surface area contributed by atoms with Crippen molar-refractivity contribution in [2.45, 2.75) is 70.9 Å². The lowest BCUT2D eigenvalue weighted by Gasteiger charge is -2.36. The fourth-order valence-corrected chi connectivity index (χ4v) is 6.81. The highest BCUT2D eigenvalue weighted by Gasteiger charge is 2.30. The number of hydrogen-bond donors (Lipinski definition) is 0. The van der Waals surface area contributed by atoms with Gasteiger partial charge >= 0.3 is 12.1 Å². The Morgan fingerprint density at radius 1 is 1.07 bits per heavy atom. The summed E-state index contributed by atoms with van der Waals surface area (Å²) in [4.78, 5) is 28.2. The SMILES string of the molecule is CN1CCC[C@H]1COc1nc(N2CCN(C(=O)OC(C)(C)C)CC2)c2cc(Cl)c(-c3cccc4c3CCCC4)c(F)c2n1. The molecule has 0 unspecified atom stereocenters. The second-order valence-corrected chi connectivity index (χ2v) is 13.4. The van der Waals surface area contributed by atoms with Crippen LogP contribution in [0.25, 0.3) is 22.0 Å². The molecule has 0 saturated carbocycles. The predicted octanol–water partition coefficient (Wildman–Crippen LogP) is 6.50. The summed E-state index contributed by atoms with van der Waals surface area (Å²) < 4.78 is 28.5. The van der Waals surface area contributed by atoms with Crippen molar-refractivity contribution in [1.82, 2.24) is 19.8 Å². The Hall–Kier alpha value is -3.17. The molecule has 2 saturated heterocycles. The van der Waals surface area contributed by atoms with E-state index in [-0.39, 0.29) is 23.7 Å². The highest BCUT2D eigenvalue weighted by molar-refractivity contribution is 6.34. The van der Waals surface area contributed by atoms with Crippen molar-refractivity contribution in [2.75, 3.05) is 51.3 Å². The first kappa shape index (κ1) is 29.9. The minimum atomic E-state index is -0.569. The Morgan fingerprint density at radius 3 is 2.56 bits per heavy atom. The van der Waals surface area contributed by atoms with Gasteiger partial charge in [0.1, 0.15) is 23.5 Å². The fourth-order valence-electron chi connectivity index (χ4n) is 6.52. The number of anilines is 1. The average Bonchev–Trinajstić information content (AvgIpc) is 3.39. The van der Waals surface area contributed by atoms with Gasteiger partial charge in [0.15, 0.2) is 5.82 Å². The van der Waals surface area contributed by atoms with Crippen molar-refractivity contribution >= 4 is 34.4 Å². The molecule has 2 fully saturated rings. The Balaban J connectivity index is 1.38. The van der Waals surface area contributed by atoms with Gasteiger partial charge in [0.05, 0.1) is 5.02 Å². The van der Waals surface area contributed by atoms with Gasteiger partial charge in [-0.2, -0.15) is 9.97 Å². The lowest BCUT2D eigenvalue weighted by molar-refractivity contribution is 0.0240. The largest absolute Gasteiger partial charge is 0.462 e. The minimum absolute atomic E-state index is 0.152. The van der Waals surface area contributed by atoms with Crippen LogP contribution < -0.4 is 9.64 Å². The molecule has 1 atom stereocenters. The first-order chi connectivity index (χ1) is 20.6. The number of aryl methyl sites for hydroxylation is 1. The number of nitrogens with zero attached hydrogens (tertiary/aromatic N) is 5. The number of rotatable bonds is 5. The number of halogens is 2. The standard InChI is InChI=1S/C33H41ClFN5O3/c1-33(2,3)43-32(41)40-17-15-39(16-18-40)30-25-19-26(34)27(24-13-7-10-21-9-5-6-12-23(21)24)28(35)29(25)36-31(37-30)42-20-22-11-8-14-38(22)4/h7,10,13,19,22H,5-6,8-9,11-12,14-18,20H2,1-4H3/t22-/m0/s1. The van der Waals surface area contributed by atoms with E-state index < -0.39 is 11.4 Å². The highest BCUT2D eigenvalue weighted by atomic mass is 35.5. The molecule has 6 rings (SSSR count). The zero-order chi connectivity index (χ0) is 30.3. The van der Waals surface area contributed by atoms with E-state index in [4.69, 9.17) is 26.1 Å². The van der Waals surface area contributed by atoms with Gasteiger partial charge in [-0.15, -0.1) is 0 Å². The quantitative estimate of drug-likeness (QED) is 0.327. The maximum absolute atomic E-state index is 16.7. The second-order valence-electron chi connectivity index (χ2n) is 13.0. The van der Waals surface area contributed by atoms with Crippen molar-refractivity contribution in [3.05, 3.63) is 46.2 Å². The van der Waals surface area contributed by atoms with Crippen molar-refractivity contribution < 1.29 is 18.7 Å². The summed E-state index contributed by atoms with van der Waals surface area (Å²) in [5.74, 6) is 0.103.